The van der Waals surface area contributed by atoms with Gasteiger partial charge >= 0.3 is 5.97 Å². The molecule has 23 heavy (non-hydrogen) atoms. The quantitative estimate of drug-likeness (QED) is 0.506. The average molecular weight is 444 g/mol. The monoisotopic (exact) mass is 444 g/mol. The fourth-order valence-electron chi connectivity index (χ4n) is 1.98. The van der Waals surface area contributed by atoms with Crippen LogP contribution in [-0.2, 0) is 16.0 Å². The lowest BCUT2D eigenvalue weighted by atomic mass is 10.2. The summed E-state index contributed by atoms with van der Waals surface area (Å²) in [6, 6.07) is 7.41. The second-order valence-corrected chi connectivity index (χ2v) is 6.74. The molecular formula is C16H17IN2O3S. The minimum atomic E-state index is -0.309. The molecular weight excluding hydrogens is 427 g/mol. The van der Waals surface area contributed by atoms with Gasteiger partial charge in [-0.2, -0.15) is 0 Å². The van der Waals surface area contributed by atoms with Gasteiger partial charge in [0, 0.05) is 21.1 Å². The zero-order valence-electron chi connectivity index (χ0n) is 12.9. The van der Waals surface area contributed by atoms with Crippen LogP contribution in [0.3, 0.4) is 0 Å². The van der Waals surface area contributed by atoms with Gasteiger partial charge in [0.05, 0.1) is 18.7 Å². The fourth-order valence-corrected chi connectivity index (χ4v) is 3.22. The molecule has 0 N–H and O–H groups in total. The van der Waals surface area contributed by atoms with Crippen LogP contribution in [-0.4, -0.2) is 30.0 Å². The summed E-state index contributed by atoms with van der Waals surface area (Å²) in [5.41, 5.74) is 1.24. The van der Waals surface area contributed by atoms with Gasteiger partial charge in [-0.25, -0.2) is 4.98 Å². The van der Waals surface area contributed by atoms with Crippen molar-refractivity contribution in [3.8, 4) is 0 Å². The number of nitrogens with zero attached hydrogens (tertiary/aromatic N) is 2. The molecule has 1 aromatic carbocycles. The van der Waals surface area contributed by atoms with Gasteiger partial charge in [0.15, 0.2) is 5.13 Å². The number of thiazole rings is 1. The molecule has 5 nitrogen and oxygen atoms in total. The number of hydrogen-bond acceptors (Lipinski definition) is 5. The Labute approximate surface area is 152 Å². The van der Waals surface area contributed by atoms with E-state index < -0.39 is 0 Å². The summed E-state index contributed by atoms with van der Waals surface area (Å²) < 4.78 is 5.99. The molecule has 2 rings (SSSR count). The van der Waals surface area contributed by atoms with Crippen LogP contribution in [0.1, 0.15) is 29.9 Å². The molecule has 122 valence electrons. The van der Waals surface area contributed by atoms with E-state index in [2.05, 4.69) is 27.6 Å². The first-order valence-corrected chi connectivity index (χ1v) is 9.18. The van der Waals surface area contributed by atoms with Gasteiger partial charge in [-0.05, 0) is 60.7 Å². The van der Waals surface area contributed by atoms with E-state index in [-0.39, 0.29) is 18.3 Å². The van der Waals surface area contributed by atoms with Gasteiger partial charge in [-0.1, -0.05) is 0 Å². The molecule has 0 saturated carbocycles. The number of aromatic nitrogens is 1. The molecule has 1 amide bonds. The molecule has 7 heteroatoms. The SMILES string of the molecule is CCOC(=O)Cc1csc(N(CC)C(=O)c2ccc(I)cc2)n1. The van der Waals surface area contributed by atoms with Crippen LogP contribution in [0.2, 0.25) is 0 Å². The Morgan fingerprint density at radius 3 is 2.57 bits per heavy atom. The molecule has 1 aromatic heterocycles. The fraction of sp³-hybridized carbons (Fsp3) is 0.312. The third-order valence-corrected chi connectivity index (χ3v) is 4.69. The van der Waals surface area contributed by atoms with Crippen molar-refractivity contribution in [1.82, 2.24) is 4.98 Å². The Morgan fingerprint density at radius 1 is 1.26 bits per heavy atom. The van der Waals surface area contributed by atoms with Crippen LogP contribution in [0, 0.1) is 3.57 Å². The summed E-state index contributed by atoms with van der Waals surface area (Å²) in [6.07, 6.45) is 0.125. The number of anilines is 1. The molecule has 0 bridgehead atoms. The summed E-state index contributed by atoms with van der Waals surface area (Å²) in [6.45, 7) is 4.53. The van der Waals surface area contributed by atoms with E-state index in [4.69, 9.17) is 4.74 Å². The highest BCUT2D eigenvalue weighted by atomic mass is 127. The number of benzene rings is 1. The minimum Gasteiger partial charge on any atom is -0.466 e. The second kappa shape index (κ2) is 8.39. The van der Waals surface area contributed by atoms with Crippen molar-refractivity contribution in [2.24, 2.45) is 0 Å². The van der Waals surface area contributed by atoms with Crippen LogP contribution in [0.5, 0.6) is 0 Å². The van der Waals surface area contributed by atoms with E-state index in [0.29, 0.717) is 29.5 Å². The molecule has 0 spiro atoms. The van der Waals surface area contributed by atoms with E-state index in [9.17, 15) is 9.59 Å². The Kier molecular flexibility index (Phi) is 6.52. The number of carbonyl (C=O) groups is 2. The summed E-state index contributed by atoms with van der Waals surface area (Å²) in [7, 11) is 0. The Balaban J connectivity index is 2.14. The first-order valence-electron chi connectivity index (χ1n) is 7.22. The third kappa shape index (κ3) is 4.74. The maximum absolute atomic E-state index is 12.6. The highest BCUT2D eigenvalue weighted by molar-refractivity contribution is 14.1. The van der Waals surface area contributed by atoms with Crippen molar-refractivity contribution in [2.75, 3.05) is 18.1 Å². The number of carbonyl (C=O) groups excluding carboxylic acids is 2. The highest BCUT2D eigenvalue weighted by Crippen LogP contribution is 2.23. The molecule has 0 atom stereocenters. The maximum Gasteiger partial charge on any atom is 0.311 e. The minimum absolute atomic E-state index is 0.0964. The molecule has 0 aliphatic heterocycles. The first-order chi connectivity index (χ1) is 11.0. The summed E-state index contributed by atoms with van der Waals surface area (Å²) >= 11 is 3.55. The zero-order chi connectivity index (χ0) is 16.8. The molecule has 0 radical (unpaired) electrons. The smallest absolute Gasteiger partial charge is 0.311 e. The highest BCUT2D eigenvalue weighted by Gasteiger charge is 2.19. The number of esters is 1. The van der Waals surface area contributed by atoms with E-state index in [1.807, 2.05) is 19.1 Å². The number of halogens is 1. The van der Waals surface area contributed by atoms with Crippen LogP contribution in [0.15, 0.2) is 29.6 Å². The van der Waals surface area contributed by atoms with Crippen molar-refractivity contribution in [1.29, 1.82) is 0 Å². The van der Waals surface area contributed by atoms with E-state index >= 15 is 0 Å². The third-order valence-electron chi connectivity index (χ3n) is 3.05. The second-order valence-electron chi connectivity index (χ2n) is 4.66. The number of hydrogen-bond donors (Lipinski definition) is 0. The van der Waals surface area contributed by atoms with Crippen molar-refractivity contribution in [3.05, 3.63) is 44.5 Å². The molecule has 2 aromatic rings. The lowest BCUT2D eigenvalue weighted by Gasteiger charge is -2.17. The predicted molar refractivity (Wildman–Crippen MR) is 99.0 cm³/mol. The number of ether oxygens (including phenoxy) is 1. The van der Waals surface area contributed by atoms with Crippen LogP contribution in [0.4, 0.5) is 5.13 Å². The Hall–Kier alpha value is -1.48. The van der Waals surface area contributed by atoms with Gasteiger partial charge < -0.3 is 4.74 Å². The summed E-state index contributed by atoms with van der Waals surface area (Å²) in [5, 5.41) is 2.38. The van der Waals surface area contributed by atoms with Gasteiger partial charge in [-0.15, -0.1) is 11.3 Å². The Morgan fingerprint density at radius 2 is 1.96 bits per heavy atom. The van der Waals surface area contributed by atoms with Gasteiger partial charge in [-0.3, -0.25) is 14.5 Å². The van der Waals surface area contributed by atoms with Crippen LogP contribution >= 0.6 is 33.9 Å². The predicted octanol–water partition coefficient (Wildman–Crippen LogP) is 3.52. The van der Waals surface area contributed by atoms with E-state index in [0.717, 1.165) is 3.57 Å². The van der Waals surface area contributed by atoms with Crippen molar-refractivity contribution in [3.63, 3.8) is 0 Å². The molecule has 0 aliphatic carbocycles. The van der Waals surface area contributed by atoms with Gasteiger partial charge in [0.1, 0.15) is 0 Å². The lowest BCUT2D eigenvalue weighted by Crippen LogP contribution is -2.30. The van der Waals surface area contributed by atoms with E-state index in [1.165, 1.54) is 11.3 Å². The molecule has 0 aliphatic rings. The largest absolute Gasteiger partial charge is 0.466 e. The summed E-state index contributed by atoms with van der Waals surface area (Å²) in [4.78, 5) is 30.1. The summed E-state index contributed by atoms with van der Waals surface area (Å²) in [5.74, 6) is -0.405. The van der Waals surface area contributed by atoms with Gasteiger partial charge in [0.2, 0.25) is 0 Å². The van der Waals surface area contributed by atoms with E-state index in [1.54, 1.807) is 29.3 Å². The molecule has 0 fully saturated rings. The van der Waals surface area contributed by atoms with Crippen molar-refractivity contribution >= 4 is 50.9 Å². The zero-order valence-corrected chi connectivity index (χ0v) is 15.9. The normalized spacial score (nSPS) is 10.4. The Bertz CT molecular complexity index is 685. The van der Waals surface area contributed by atoms with Crippen molar-refractivity contribution < 1.29 is 14.3 Å². The number of amides is 1. The molecule has 1 heterocycles. The topological polar surface area (TPSA) is 59.5 Å². The van der Waals surface area contributed by atoms with Crippen molar-refractivity contribution in [2.45, 2.75) is 20.3 Å². The standard InChI is InChI=1S/C16H17IN2O3S/c1-3-19(15(21)11-5-7-12(17)8-6-11)16-18-13(10-23-16)9-14(20)22-4-2/h5-8,10H,3-4,9H2,1-2H3. The van der Waals surface area contributed by atoms with Gasteiger partial charge in [0.25, 0.3) is 5.91 Å². The first kappa shape index (κ1) is 17.9. The maximum atomic E-state index is 12.6. The lowest BCUT2D eigenvalue weighted by molar-refractivity contribution is -0.142. The molecule has 0 saturated heterocycles. The average Bonchev–Trinajstić information content (AvgIpc) is 2.97. The number of rotatable bonds is 6. The van der Waals surface area contributed by atoms with Crippen LogP contribution < -0.4 is 4.90 Å². The van der Waals surface area contributed by atoms with Crippen LogP contribution in [0.25, 0.3) is 0 Å². The molecule has 0 unspecified atom stereocenters.